The SMILES string of the molecule is Cc1cc(C#N)nc(N(C)CCS(=O)(=O)c2ccc3c(c2)CCN3C(=O)c2ccccc2NS(C)(=O)=O)n1. The number of para-hydroxylation sites is 1. The zero-order valence-electron chi connectivity index (χ0n) is 21.0. The molecular formula is C25H26N6O5S2. The van der Waals surface area contributed by atoms with Crippen molar-refractivity contribution in [2.24, 2.45) is 0 Å². The lowest BCUT2D eigenvalue weighted by Gasteiger charge is -2.20. The fourth-order valence-electron chi connectivity index (χ4n) is 4.14. The number of sulfonamides is 1. The third-order valence-corrected chi connectivity index (χ3v) is 8.28. The lowest BCUT2D eigenvalue weighted by Crippen LogP contribution is -2.30. The molecular weight excluding hydrogens is 528 g/mol. The van der Waals surface area contributed by atoms with E-state index in [2.05, 4.69) is 14.7 Å². The predicted molar refractivity (Wildman–Crippen MR) is 144 cm³/mol. The number of nitrogens with zero attached hydrogens (tertiary/aromatic N) is 5. The van der Waals surface area contributed by atoms with Crippen LogP contribution in [0.3, 0.4) is 0 Å². The number of aromatic nitrogens is 2. The third kappa shape index (κ3) is 5.92. The summed E-state index contributed by atoms with van der Waals surface area (Å²) in [7, 11) is -5.60. The Hall–Kier alpha value is -4.02. The van der Waals surface area contributed by atoms with Crippen LogP contribution in [0, 0.1) is 18.3 Å². The van der Waals surface area contributed by atoms with Gasteiger partial charge in [0.1, 0.15) is 11.8 Å². The van der Waals surface area contributed by atoms with Crippen molar-refractivity contribution in [2.75, 3.05) is 46.7 Å². The Labute approximate surface area is 221 Å². The number of carbonyl (C=O) groups excluding carboxylic acids is 1. The number of carbonyl (C=O) groups is 1. The maximum Gasteiger partial charge on any atom is 0.260 e. The minimum Gasteiger partial charge on any atom is -0.343 e. The molecule has 1 aliphatic heterocycles. The van der Waals surface area contributed by atoms with E-state index in [1.807, 2.05) is 6.07 Å². The fourth-order valence-corrected chi connectivity index (χ4v) is 6.07. The number of amides is 1. The van der Waals surface area contributed by atoms with Crippen LogP contribution < -0.4 is 14.5 Å². The van der Waals surface area contributed by atoms with Gasteiger partial charge in [-0.05, 0) is 55.3 Å². The number of aryl methyl sites for hydroxylation is 1. The number of sulfone groups is 1. The number of rotatable bonds is 8. The van der Waals surface area contributed by atoms with E-state index >= 15 is 0 Å². The summed E-state index contributed by atoms with van der Waals surface area (Å²) in [5.74, 6) is -0.317. The van der Waals surface area contributed by atoms with E-state index in [4.69, 9.17) is 5.26 Å². The second-order valence-corrected chi connectivity index (χ2v) is 12.8. The topological polar surface area (TPSA) is 153 Å². The number of nitrogens with one attached hydrogen (secondary N) is 1. The molecule has 1 aliphatic rings. The van der Waals surface area contributed by atoms with Crippen LogP contribution in [-0.4, -0.2) is 64.9 Å². The van der Waals surface area contributed by atoms with Crippen molar-refractivity contribution in [2.45, 2.75) is 18.2 Å². The Morgan fingerprint density at radius 2 is 1.87 bits per heavy atom. The second-order valence-electron chi connectivity index (χ2n) is 8.96. The van der Waals surface area contributed by atoms with Gasteiger partial charge in [-0.3, -0.25) is 9.52 Å². The van der Waals surface area contributed by atoms with Gasteiger partial charge in [-0.1, -0.05) is 12.1 Å². The highest BCUT2D eigenvalue weighted by Gasteiger charge is 2.29. The highest BCUT2D eigenvalue weighted by molar-refractivity contribution is 7.92. The Morgan fingerprint density at radius 1 is 1.13 bits per heavy atom. The first-order valence-corrected chi connectivity index (χ1v) is 15.1. The summed E-state index contributed by atoms with van der Waals surface area (Å²) in [6.45, 7) is 2.18. The van der Waals surface area contributed by atoms with E-state index in [0.717, 1.165) is 6.26 Å². The molecule has 0 saturated carbocycles. The predicted octanol–water partition coefficient (Wildman–Crippen LogP) is 2.14. The molecule has 2 aromatic carbocycles. The van der Waals surface area contributed by atoms with Crippen LogP contribution >= 0.6 is 0 Å². The molecule has 3 aromatic rings. The molecule has 1 N–H and O–H groups in total. The second kappa shape index (κ2) is 10.4. The summed E-state index contributed by atoms with van der Waals surface area (Å²) >= 11 is 0. The van der Waals surface area contributed by atoms with Crippen molar-refractivity contribution in [1.29, 1.82) is 5.26 Å². The molecule has 0 unspecified atom stereocenters. The van der Waals surface area contributed by atoms with Gasteiger partial charge in [0.15, 0.2) is 9.84 Å². The molecule has 1 amide bonds. The molecule has 0 aliphatic carbocycles. The van der Waals surface area contributed by atoms with E-state index in [9.17, 15) is 21.6 Å². The molecule has 0 saturated heterocycles. The van der Waals surface area contributed by atoms with Crippen molar-refractivity contribution in [3.05, 3.63) is 71.0 Å². The van der Waals surface area contributed by atoms with Gasteiger partial charge in [-0.25, -0.2) is 26.8 Å². The maximum atomic E-state index is 13.3. The third-order valence-electron chi connectivity index (χ3n) is 6.00. The quantitative estimate of drug-likeness (QED) is 0.441. The van der Waals surface area contributed by atoms with Gasteiger partial charge in [0.2, 0.25) is 16.0 Å². The van der Waals surface area contributed by atoms with E-state index in [-0.39, 0.29) is 46.0 Å². The molecule has 4 rings (SSSR count). The number of anilines is 3. The highest BCUT2D eigenvalue weighted by atomic mass is 32.2. The number of fused-ring (bicyclic) bond motifs is 1. The first-order chi connectivity index (χ1) is 17.9. The zero-order chi connectivity index (χ0) is 27.7. The molecule has 1 aromatic heterocycles. The minimum absolute atomic E-state index is 0.114. The number of benzene rings is 2. The molecule has 11 nitrogen and oxygen atoms in total. The lowest BCUT2D eigenvalue weighted by atomic mass is 10.1. The van der Waals surface area contributed by atoms with E-state index in [1.165, 1.54) is 17.0 Å². The Bertz CT molecular complexity index is 1670. The fraction of sp³-hybridized carbons (Fsp3) is 0.280. The van der Waals surface area contributed by atoms with Gasteiger partial charge in [0, 0.05) is 31.5 Å². The molecule has 0 atom stereocenters. The molecule has 2 heterocycles. The smallest absolute Gasteiger partial charge is 0.260 e. The summed E-state index contributed by atoms with van der Waals surface area (Å²) < 4.78 is 52.0. The Morgan fingerprint density at radius 3 is 2.58 bits per heavy atom. The zero-order valence-corrected chi connectivity index (χ0v) is 22.7. The van der Waals surface area contributed by atoms with Crippen LogP contribution in [0.1, 0.15) is 27.3 Å². The monoisotopic (exact) mass is 554 g/mol. The van der Waals surface area contributed by atoms with Gasteiger partial charge < -0.3 is 9.80 Å². The first kappa shape index (κ1) is 27.0. The molecule has 0 spiro atoms. The standard InChI is InChI=1S/C25H26N6O5S2/c1-17-14-19(16-26)28-25(27-17)30(2)12-13-38(35,36)20-8-9-23-18(15-20)10-11-31(23)24(32)21-6-4-5-7-22(21)29-37(3,33)34/h4-9,14-15,29H,10-13H2,1-3H3. The van der Waals surface area contributed by atoms with E-state index in [0.29, 0.717) is 29.9 Å². The largest absolute Gasteiger partial charge is 0.343 e. The van der Waals surface area contributed by atoms with Crippen molar-refractivity contribution in [3.63, 3.8) is 0 Å². The van der Waals surface area contributed by atoms with Gasteiger partial charge in [0.25, 0.3) is 5.91 Å². The van der Waals surface area contributed by atoms with Crippen LogP contribution in [0.2, 0.25) is 0 Å². The first-order valence-electron chi connectivity index (χ1n) is 11.6. The summed E-state index contributed by atoms with van der Waals surface area (Å²) in [5, 5.41) is 9.12. The van der Waals surface area contributed by atoms with Crippen molar-refractivity contribution in [1.82, 2.24) is 9.97 Å². The Balaban J connectivity index is 1.52. The summed E-state index contributed by atoms with van der Waals surface area (Å²) in [6, 6.07) is 14.5. The van der Waals surface area contributed by atoms with Crippen LogP contribution in [0.15, 0.2) is 53.4 Å². The van der Waals surface area contributed by atoms with Crippen molar-refractivity contribution >= 4 is 43.1 Å². The van der Waals surface area contributed by atoms with Crippen LogP contribution in [0.5, 0.6) is 0 Å². The summed E-state index contributed by atoms with van der Waals surface area (Å²) in [5.41, 5.74) is 2.47. The van der Waals surface area contributed by atoms with Crippen LogP contribution in [-0.2, 0) is 26.3 Å². The van der Waals surface area contributed by atoms with Crippen molar-refractivity contribution < 1.29 is 21.6 Å². The number of hydrogen-bond donors (Lipinski definition) is 1. The van der Waals surface area contributed by atoms with Crippen LogP contribution in [0.4, 0.5) is 17.3 Å². The van der Waals surface area contributed by atoms with Gasteiger partial charge in [-0.15, -0.1) is 0 Å². The Kier molecular flexibility index (Phi) is 7.39. The average molecular weight is 555 g/mol. The number of hydrogen-bond acceptors (Lipinski definition) is 9. The van der Waals surface area contributed by atoms with E-state index in [1.54, 1.807) is 55.3 Å². The van der Waals surface area contributed by atoms with Crippen molar-refractivity contribution in [3.8, 4) is 6.07 Å². The molecule has 198 valence electrons. The highest BCUT2D eigenvalue weighted by Crippen LogP contribution is 2.33. The molecule has 0 radical (unpaired) electrons. The summed E-state index contributed by atoms with van der Waals surface area (Å²) in [4.78, 5) is 25.0. The summed E-state index contributed by atoms with van der Waals surface area (Å²) in [6.07, 6.45) is 1.47. The minimum atomic E-state index is -3.67. The lowest BCUT2D eigenvalue weighted by molar-refractivity contribution is 0.0990. The normalized spacial score (nSPS) is 13.1. The van der Waals surface area contributed by atoms with Gasteiger partial charge in [-0.2, -0.15) is 5.26 Å². The van der Waals surface area contributed by atoms with Gasteiger partial charge >= 0.3 is 0 Å². The molecule has 0 fully saturated rings. The van der Waals surface area contributed by atoms with E-state index < -0.39 is 19.9 Å². The van der Waals surface area contributed by atoms with Gasteiger partial charge in [0.05, 0.1) is 28.2 Å². The molecule has 13 heteroatoms. The maximum absolute atomic E-state index is 13.3. The molecule has 38 heavy (non-hydrogen) atoms. The van der Waals surface area contributed by atoms with Crippen LogP contribution in [0.25, 0.3) is 0 Å². The molecule has 0 bridgehead atoms. The average Bonchev–Trinajstić information content (AvgIpc) is 3.29. The number of nitriles is 1.